The quantitative estimate of drug-likeness (QED) is 0.600. The number of aromatic nitrogens is 2. The molecule has 0 unspecified atom stereocenters. The summed E-state index contributed by atoms with van der Waals surface area (Å²) in [7, 11) is 1.86. The molecule has 0 N–H and O–H groups in total. The molecule has 0 atom stereocenters. The van der Waals surface area contributed by atoms with Crippen LogP contribution in [0.25, 0.3) is 0 Å². The van der Waals surface area contributed by atoms with Crippen LogP contribution in [0.3, 0.4) is 0 Å². The van der Waals surface area contributed by atoms with Crippen LogP contribution in [0.4, 0.5) is 11.6 Å². The first-order valence-corrected chi connectivity index (χ1v) is 6.96. The van der Waals surface area contributed by atoms with E-state index in [-0.39, 0.29) is 20.1 Å². The first-order valence-electron chi connectivity index (χ1n) is 6.96. The van der Waals surface area contributed by atoms with E-state index in [2.05, 4.69) is 22.1 Å². The molecule has 6 nitrogen and oxygen atoms in total. The number of nitrogens with zero attached hydrogens (tertiary/aromatic N) is 6. The van der Waals surface area contributed by atoms with Gasteiger partial charge in [-0.05, 0) is 37.1 Å². The monoisotopic (exact) mass is 492 g/mol. The normalized spacial score (nSPS) is 12.2. The van der Waals surface area contributed by atoms with E-state index in [1.54, 1.807) is 24.5 Å². The van der Waals surface area contributed by atoms with Gasteiger partial charge in [0.25, 0.3) is 0 Å². The summed E-state index contributed by atoms with van der Waals surface area (Å²) >= 11 is 0. The predicted octanol–water partition coefficient (Wildman–Crippen LogP) is 2.17. The number of hydrogen-bond acceptors (Lipinski definition) is 6. The Balaban J connectivity index is 0.00000208. The fraction of sp³-hybridized carbons (Fsp3) is 0.125. The summed E-state index contributed by atoms with van der Waals surface area (Å²) in [6.45, 7) is 3.83. The average molecular weight is 491 g/mol. The molecule has 0 amide bonds. The molecule has 1 aliphatic heterocycles. The molecular formula is C16H12BIrN6. The van der Waals surface area contributed by atoms with Crippen molar-refractivity contribution in [2.75, 3.05) is 9.62 Å². The molecule has 8 heteroatoms. The third-order valence-corrected chi connectivity index (χ3v) is 3.49. The second-order valence-corrected chi connectivity index (χ2v) is 5.18. The second-order valence-electron chi connectivity index (χ2n) is 5.18. The van der Waals surface area contributed by atoms with Crippen LogP contribution in [0.2, 0.25) is 0 Å². The molecular weight excluding hydrogens is 479 g/mol. The summed E-state index contributed by atoms with van der Waals surface area (Å²) in [5.41, 5.74) is 2.90. The van der Waals surface area contributed by atoms with Crippen molar-refractivity contribution in [3.05, 3.63) is 59.2 Å². The Kier molecular flexibility index (Phi) is 5.36. The third-order valence-electron chi connectivity index (χ3n) is 3.49. The Bertz CT molecular complexity index is 812. The largest absolute Gasteiger partial charge is 0.402 e. The topological polar surface area (TPSA) is 79.8 Å². The zero-order valence-electron chi connectivity index (χ0n) is 13.1. The van der Waals surface area contributed by atoms with Crippen LogP contribution in [-0.4, -0.2) is 17.5 Å². The van der Waals surface area contributed by atoms with E-state index in [0.717, 1.165) is 22.8 Å². The van der Waals surface area contributed by atoms with Crippen LogP contribution in [0, 0.1) is 36.5 Å². The van der Waals surface area contributed by atoms with Gasteiger partial charge in [-0.15, -0.1) is 0 Å². The molecule has 0 aromatic carbocycles. The van der Waals surface area contributed by atoms with Crippen molar-refractivity contribution in [2.24, 2.45) is 0 Å². The van der Waals surface area contributed by atoms with Gasteiger partial charge in [-0.2, -0.15) is 10.5 Å². The molecule has 0 aliphatic carbocycles. The molecule has 24 heavy (non-hydrogen) atoms. The number of rotatable bonds is 2. The standard InChI is InChI=1S/C16H12BN6.Ir/c1-11-5-13(7-18)9-20-15(11)22-3-4-23(17-22)16-12(2)6-14(8-19)10-21-16;/h3-6,9-10H,1-2H3;. The number of anilines is 2. The molecule has 1 aliphatic rings. The molecule has 0 saturated carbocycles. The van der Waals surface area contributed by atoms with E-state index in [1.165, 1.54) is 0 Å². The molecule has 0 fully saturated rings. The number of nitriles is 2. The van der Waals surface area contributed by atoms with E-state index < -0.39 is 0 Å². The Hall–Kier alpha value is -2.67. The van der Waals surface area contributed by atoms with Crippen molar-refractivity contribution < 1.29 is 20.1 Å². The van der Waals surface area contributed by atoms with Crippen LogP contribution < -0.4 is 9.62 Å². The van der Waals surface area contributed by atoms with Gasteiger partial charge in [0.15, 0.2) is 0 Å². The minimum atomic E-state index is 0. The fourth-order valence-corrected chi connectivity index (χ4v) is 2.40. The molecule has 3 heterocycles. The maximum atomic E-state index is 8.92. The summed E-state index contributed by atoms with van der Waals surface area (Å²) < 4.78 is 0. The Morgan fingerprint density at radius 2 is 1.29 bits per heavy atom. The van der Waals surface area contributed by atoms with Gasteiger partial charge in [-0.25, -0.2) is 9.97 Å². The number of hydrogen-bond donors (Lipinski definition) is 0. The smallest absolute Gasteiger partial charge is 0.358 e. The first-order chi connectivity index (χ1) is 11.1. The second kappa shape index (κ2) is 7.27. The summed E-state index contributed by atoms with van der Waals surface area (Å²) in [5.74, 6) is 1.52. The van der Waals surface area contributed by atoms with E-state index in [9.17, 15) is 0 Å². The van der Waals surface area contributed by atoms with Crippen LogP contribution in [0.15, 0.2) is 36.9 Å². The zero-order chi connectivity index (χ0) is 16.4. The van der Waals surface area contributed by atoms with Gasteiger partial charge < -0.3 is 9.62 Å². The van der Waals surface area contributed by atoms with Gasteiger partial charge in [-0.3, -0.25) is 0 Å². The summed E-state index contributed by atoms with van der Waals surface area (Å²) in [6, 6.07) is 7.77. The maximum absolute atomic E-state index is 8.92. The molecule has 118 valence electrons. The molecule has 2 aromatic rings. The number of pyridine rings is 2. The molecule has 2 aromatic heterocycles. The SMILES string of the molecule is Cc1cc(C#N)cnc1N1[B]N(c2ncc(C#N)cc2C)C=C1.[Ir]. The Morgan fingerprint density at radius 1 is 0.875 bits per heavy atom. The maximum Gasteiger partial charge on any atom is 0.402 e. The van der Waals surface area contributed by atoms with Crippen LogP contribution in [-0.2, 0) is 20.1 Å². The molecule has 0 saturated heterocycles. The van der Waals surface area contributed by atoms with Crippen molar-refractivity contribution in [1.29, 1.82) is 10.5 Å². The van der Waals surface area contributed by atoms with Crippen LogP contribution in [0.5, 0.6) is 0 Å². The van der Waals surface area contributed by atoms with Gasteiger partial charge in [0.1, 0.15) is 23.8 Å². The van der Waals surface area contributed by atoms with Crippen LogP contribution in [0.1, 0.15) is 22.3 Å². The summed E-state index contributed by atoms with van der Waals surface area (Å²) in [5, 5.41) is 17.8. The third kappa shape index (κ3) is 3.31. The fourth-order valence-electron chi connectivity index (χ4n) is 2.40. The molecule has 0 spiro atoms. The Morgan fingerprint density at radius 3 is 1.62 bits per heavy atom. The van der Waals surface area contributed by atoms with E-state index >= 15 is 0 Å². The minimum Gasteiger partial charge on any atom is -0.358 e. The van der Waals surface area contributed by atoms with Crippen molar-refractivity contribution in [3.8, 4) is 12.1 Å². The molecule has 0 bridgehead atoms. The van der Waals surface area contributed by atoms with Crippen molar-refractivity contribution >= 4 is 19.2 Å². The van der Waals surface area contributed by atoms with Gasteiger partial charge in [0.05, 0.1) is 11.1 Å². The van der Waals surface area contributed by atoms with Crippen molar-refractivity contribution in [1.82, 2.24) is 9.97 Å². The number of aryl methyl sites for hydroxylation is 2. The van der Waals surface area contributed by atoms with E-state index in [0.29, 0.717) is 11.1 Å². The van der Waals surface area contributed by atoms with Gasteiger partial charge in [0, 0.05) is 44.9 Å². The Labute approximate surface area is 154 Å². The van der Waals surface area contributed by atoms with E-state index in [1.807, 2.05) is 43.4 Å². The summed E-state index contributed by atoms with van der Waals surface area (Å²) in [6.07, 6.45) is 6.86. The molecule has 2 radical (unpaired) electrons. The summed E-state index contributed by atoms with van der Waals surface area (Å²) in [4.78, 5) is 12.4. The van der Waals surface area contributed by atoms with E-state index in [4.69, 9.17) is 10.5 Å². The average Bonchev–Trinajstić information content (AvgIpc) is 3.03. The van der Waals surface area contributed by atoms with Gasteiger partial charge in [-0.1, -0.05) is 0 Å². The first kappa shape index (κ1) is 17.7. The van der Waals surface area contributed by atoms with Crippen molar-refractivity contribution in [3.63, 3.8) is 0 Å². The minimum absolute atomic E-state index is 0. The van der Waals surface area contributed by atoms with Gasteiger partial charge in [0.2, 0.25) is 0 Å². The van der Waals surface area contributed by atoms with Crippen LogP contribution >= 0.6 is 0 Å². The van der Waals surface area contributed by atoms with Gasteiger partial charge >= 0.3 is 7.55 Å². The van der Waals surface area contributed by atoms with Crippen molar-refractivity contribution in [2.45, 2.75) is 13.8 Å². The molecule has 3 rings (SSSR count). The zero-order valence-corrected chi connectivity index (χ0v) is 15.5. The predicted molar refractivity (Wildman–Crippen MR) is 87.2 cm³/mol.